The van der Waals surface area contributed by atoms with Crippen LogP contribution in [0, 0.1) is 11.3 Å². The van der Waals surface area contributed by atoms with Crippen molar-refractivity contribution in [1.29, 1.82) is 5.41 Å². The fraction of sp³-hybridized carbons (Fsp3) is 0.298. The Hall–Kier alpha value is -7.09. The van der Waals surface area contributed by atoms with Gasteiger partial charge in [-0.25, -0.2) is 14.5 Å². The zero-order valence-corrected chi connectivity index (χ0v) is 34.5. The van der Waals surface area contributed by atoms with Crippen molar-refractivity contribution in [3.63, 3.8) is 0 Å². The molecule has 61 heavy (non-hydrogen) atoms. The maximum Gasteiger partial charge on any atom is 0.421 e. The molecule has 0 fully saturated rings. The number of carbonyl (C=O) groups is 6. The molecule has 318 valence electrons. The summed E-state index contributed by atoms with van der Waals surface area (Å²) in [5.41, 5.74) is 4.33. The number of ketones is 1. The van der Waals surface area contributed by atoms with Crippen molar-refractivity contribution in [2.75, 3.05) is 7.05 Å². The van der Waals surface area contributed by atoms with E-state index in [1.165, 1.54) is 20.2 Å². The molecule has 0 aromatic heterocycles. The molecule has 4 aromatic rings. The second kappa shape index (κ2) is 22.3. The Kier molecular flexibility index (Phi) is 16.5. The van der Waals surface area contributed by atoms with E-state index in [0.717, 1.165) is 16.0 Å². The van der Waals surface area contributed by atoms with Crippen LogP contribution in [-0.2, 0) is 54.7 Å². The molecule has 2 bridgehead atoms. The lowest BCUT2D eigenvalue weighted by atomic mass is 9.79. The van der Waals surface area contributed by atoms with Crippen molar-refractivity contribution in [2.24, 2.45) is 5.92 Å². The number of Topliss-reactive ketones (excluding diaryl/α,β-unsaturated/α-hetero) is 1. The van der Waals surface area contributed by atoms with Crippen LogP contribution < -0.4 is 20.7 Å². The Balaban J connectivity index is 1.54. The number of allylic oxidation sites excluding steroid dienone is 1. The SMILES string of the molecule is CNC(=O)C1Cc2ccc(OC(C)=O)c(c2C[C@@H](C)C=CN(C(=N)NC(=O)OCc2ccccc2)C(=O)OCc2ccccc2)C(c2ccccc2)CCC(=O)CCC(=O)N1. The molecule has 1 aliphatic rings. The second-order valence-corrected chi connectivity index (χ2v) is 14.7. The number of alkyl carbamates (subject to hydrolysis) is 1. The molecular formula is C47H51N5O9. The van der Waals surface area contributed by atoms with Crippen molar-refractivity contribution in [3.05, 3.63) is 149 Å². The number of nitrogens with zero attached hydrogens (tertiary/aromatic N) is 1. The van der Waals surface area contributed by atoms with E-state index < -0.39 is 53.8 Å². The number of hydrogen-bond acceptors (Lipinski definition) is 10. The number of guanidine groups is 1. The monoisotopic (exact) mass is 829 g/mol. The minimum Gasteiger partial charge on any atom is -0.444 e. The number of esters is 1. The smallest absolute Gasteiger partial charge is 0.421 e. The number of likely N-dealkylation sites (N-methyl/N-ethyl adjacent to an activating group) is 1. The molecule has 5 rings (SSSR count). The van der Waals surface area contributed by atoms with Crippen LogP contribution in [0.2, 0.25) is 0 Å². The second-order valence-electron chi connectivity index (χ2n) is 14.7. The van der Waals surface area contributed by atoms with Crippen molar-refractivity contribution in [1.82, 2.24) is 20.9 Å². The molecule has 4 N–H and O–H groups in total. The van der Waals surface area contributed by atoms with Crippen molar-refractivity contribution >= 4 is 41.7 Å². The van der Waals surface area contributed by atoms with E-state index in [1.807, 2.05) is 49.4 Å². The third kappa shape index (κ3) is 13.5. The topological polar surface area (TPSA) is 193 Å². The fourth-order valence-electron chi connectivity index (χ4n) is 7.02. The number of benzene rings is 4. The first kappa shape index (κ1) is 45.0. The molecule has 14 heteroatoms. The molecule has 0 saturated carbocycles. The molecule has 0 aliphatic carbocycles. The van der Waals surface area contributed by atoms with Gasteiger partial charge in [-0.1, -0.05) is 110 Å². The zero-order chi connectivity index (χ0) is 43.7. The van der Waals surface area contributed by atoms with Gasteiger partial charge in [0.15, 0.2) is 0 Å². The number of ether oxygens (including phenoxy) is 3. The third-order valence-corrected chi connectivity index (χ3v) is 10.0. The van der Waals surface area contributed by atoms with Gasteiger partial charge in [-0.05, 0) is 52.6 Å². The summed E-state index contributed by atoms with van der Waals surface area (Å²) in [4.78, 5) is 79.4. The van der Waals surface area contributed by atoms with Crippen LogP contribution in [0.25, 0.3) is 0 Å². The standard InChI is InChI=1S/C47H51N5O9/c1-31(25-26-52(47(58)60-30-34-15-9-5-10-16-34)45(48)51-46(57)59-29-33-13-7-4-8-14-33)27-39-36-19-23-41(61-32(2)53)43(39)38(35-17-11-6-12-18-35)22-20-37(54)21-24-42(55)50-40(28-36)44(56)49-3/h4-19,23,25-26,31,38,40H,20-22,24,27-30H2,1-3H3,(H,49,56)(H,50,55)(H2,48,51,57)/t31-,38?,40?/m0/s1. The molecule has 14 nitrogen and oxygen atoms in total. The molecule has 4 amide bonds. The highest BCUT2D eigenvalue weighted by atomic mass is 16.6. The summed E-state index contributed by atoms with van der Waals surface area (Å²) in [5, 5.41) is 16.5. The zero-order valence-electron chi connectivity index (χ0n) is 34.5. The van der Waals surface area contributed by atoms with E-state index in [2.05, 4.69) is 16.0 Å². The number of hydrogen-bond donors (Lipinski definition) is 4. The molecule has 2 unspecified atom stereocenters. The van der Waals surface area contributed by atoms with Gasteiger partial charge in [-0.3, -0.25) is 29.9 Å². The van der Waals surface area contributed by atoms with Gasteiger partial charge in [-0.2, -0.15) is 0 Å². The summed E-state index contributed by atoms with van der Waals surface area (Å²) in [5.74, 6) is -2.76. The highest BCUT2D eigenvalue weighted by Gasteiger charge is 2.30. The van der Waals surface area contributed by atoms with E-state index in [1.54, 1.807) is 66.7 Å². The van der Waals surface area contributed by atoms with Crippen LogP contribution in [0.15, 0.2) is 115 Å². The third-order valence-electron chi connectivity index (χ3n) is 10.0. The van der Waals surface area contributed by atoms with Crippen LogP contribution >= 0.6 is 0 Å². The molecule has 0 saturated heterocycles. The van der Waals surface area contributed by atoms with Crippen molar-refractivity contribution in [2.45, 2.75) is 77.5 Å². The van der Waals surface area contributed by atoms with Gasteiger partial charge in [-0.15, -0.1) is 0 Å². The average molecular weight is 830 g/mol. The van der Waals surface area contributed by atoms with Gasteiger partial charge in [0.1, 0.15) is 30.8 Å². The van der Waals surface area contributed by atoms with E-state index in [0.29, 0.717) is 28.7 Å². The van der Waals surface area contributed by atoms with Crippen molar-refractivity contribution < 1.29 is 43.0 Å². The average Bonchev–Trinajstić information content (AvgIpc) is 3.26. The van der Waals surface area contributed by atoms with Gasteiger partial charge in [0.25, 0.3) is 0 Å². The number of amides is 4. The normalized spacial score (nSPS) is 16.0. The summed E-state index contributed by atoms with van der Waals surface area (Å²) in [7, 11) is 1.47. The first-order valence-electron chi connectivity index (χ1n) is 20.1. The Labute approximate surface area is 355 Å². The predicted octanol–water partition coefficient (Wildman–Crippen LogP) is 6.85. The van der Waals surface area contributed by atoms with Crippen molar-refractivity contribution in [3.8, 4) is 5.75 Å². The molecular weight excluding hydrogens is 779 g/mol. The molecule has 1 aliphatic heterocycles. The lowest BCUT2D eigenvalue weighted by Gasteiger charge is -2.28. The molecule has 0 spiro atoms. The summed E-state index contributed by atoms with van der Waals surface area (Å²) in [6.45, 7) is 3.00. The Morgan fingerprint density at radius 3 is 2.10 bits per heavy atom. The fourth-order valence-corrected chi connectivity index (χ4v) is 7.02. The molecule has 3 atom stereocenters. The summed E-state index contributed by atoms with van der Waals surface area (Å²) in [6.07, 6.45) is 1.79. The maximum atomic E-state index is 13.6. The van der Waals surface area contributed by atoms with Crippen LogP contribution in [-0.4, -0.2) is 59.7 Å². The van der Waals surface area contributed by atoms with E-state index in [-0.39, 0.29) is 56.9 Å². The summed E-state index contributed by atoms with van der Waals surface area (Å²) >= 11 is 0. The van der Waals surface area contributed by atoms with E-state index in [9.17, 15) is 28.8 Å². The number of rotatable bonds is 11. The first-order chi connectivity index (χ1) is 29.4. The number of fused-ring (bicyclic) bond motifs is 2. The van der Waals surface area contributed by atoms with Gasteiger partial charge in [0.2, 0.25) is 17.8 Å². The Bertz CT molecular complexity index is 2210. The number of carbonyl (C=O) groups excluding carboxylic acids is 6. The minimum atomic E-state index is -0.997. The van der Waals surface area contributed by atoms with Gasteiger partial charge < -0.3 is 24.8 Å². The predicted molar refractivity (Wildman–Crippen MR) is 227 cm³/mol. The van der Waals surface area contributed by atoms with Gasteiger partial charge in [0.05, 0.1) is 0 Å². The van der Waals surface area contributed by atoms with Gasteiger partial charge in [0, 0.05) is 57.3 Å². The number of nitrogens with one attached hydrogen (secondary N) is 4. The van der Waals surface area contributed by atoms with Crippen LogP contribution in [0.1, 0.15) is 78.8 Å². The Morgan fingerprint density at radius 1 is 0.852 bits per heavy atom. The lowest BCUT2D eigenvalue weighted by molar-refractivity contribution is -0.132. The highest BCUT2D eigenvalue weighted by molar-refractivity contribution is 6.00. The lowest BCUT2D eigenvalue weighted by Crippen LogP contribution is -2.47. The van der Waals surface area contributed by atoms with E-state index >= 15 is 0 Å². The highest BCUT2D eigenvalue weighted by Crippen LogP contribution is 2.41. The van der Waals surface area contributed by atoms with Crippen LogP contribution in [0.5, 0.6) is 5.75 Å². The first-order valence-corrected chi connectivity index (χ1v) is 20.1. The summed E-state index contributed by atoms with van der Waals surface area (Å²) < 4.78 is 16.7. The van der Waals surface area contributed by atoms with Crippen LogP contribution in [0.3, 0.4) is 0 Å². The summed E-state index contributed by atoms with van der Waals surface area (Å²) in [6, 6.07) is 29.9. The molecule has 4 aromatic carbocycles. The molecule has 0 radical (unpaired) electrons. The largest absolute Gasteiger partial charge is 0.444 e. The van der Waals surface area contributed by atoms with E-state index in [4.69, 9.17) is 19.6 Å². The quantitative estimate of drug-likeness (QED) is 0.0542. The Morgan fingerprint density at radius 2 is 1.48 bits per heavy atom. The van der Waals surface area contributed by atoms with Crippen LogP contribution in [0.4, 0.5) is 9.59 Å². The van der Waals surface area contributed by atoms with Gasteiger partial charge >= 0.3 is 18.2 Å². The minimum absolute atomic E-state index is 0.00419. The molecule has 1 heterocycles. The maximum absolute atomic E-state index is 13.6.